The van der Waals surface area contributed by atoms with Crippen LogP contribution < -0.4 is 4.72 Å². The van der Waals surface area contributed by atoms with Gasteiger partial charge in [-0.25, -0.2) is 17.9 Å². The molecule has 7 nitrogen and oxygen atoms in total. The molecule has 8 heteroatoms. The van der Waals surface area contributed by atoms with Crippen LogP contribution in [0.2, 0.25) is 0 Å². The van der Waals surface area contributed by atoms with E-state index in [-0.39, 0.29) is 22.0 Å². The average Bonchev–Trinajstić information content (AvgIpc) is 2.75. The molecule has 0 atom stereocenters. The molecule has 1 heterocycles. The van der Waals surface area contributed by atoms with Crippen molar-refractivity contribution < 1.29 is 18.3 Å². The Kier molecular flexibility index (Phi) is 4.12. The Labute approximate surface area is 124 Å². The zero-order valence-corrected chi connectivity index (χ0v) is 13.2. The smallest absolute Gasteiger partial charge is 0.357 e. The summed E-state index contributed by atoms with van der Waals surface area (Å²) in [5.41, 5.74) is 0.00637. The molecule has 0 bridgehead atoms. The topological polar surface area (TPSA) is 112 Å². The number of rotatable bonds is 4. The van der Waals surface area contributed by atoms with Gasteiger partial charge < -0.3 is 5.11 Å². The first-order chi connectivity index (χ1) is 9.62. The molecular weight excluding hydrogens is 294 g/mol. The van der Waals surface area contributed by atoms with E-state index in [1.165, 1.54) is 6.92 Å². The molecule has 0 unspecified atom stereocenters. The highest BCUT2D eigenvalue weighted by Gasteiger charge is 2.33. The van der Waals surface area contributed by atoms with Crippen LogP contribution in [0.1, 0.15) is 55.7 Å². The van der Waals surface area contributed by atoms with E-state index in [4.69, 9.17) is 5.11 Å². The fourth-order valence-electron chi connectivity index (χ4n) is 2.69. The third-order valence-corrected chi connectivity index (χ3v) is 5.70. The minimum absolute atomic E-state index is 0.154. The van der Waals surface area contributed by atoms with Crippen LogP contribution in [0.4, 0.5) is 0 Å². The van der Waals surface area contributed by atoms with Gasteiger partial charge in [0.25, 0.3) is 0 Å². The molecule has 0 radical (unpaired) electrons. The number of hydrogen-bond acceptors (Lipinski definition) is 4. The van der Waals surface area contributed by atoms with Gasteiger partial charge in [-0.1, -0.05) is 13.8 Å². The van der Waals surface area contributed by atoms with E-state index < -0.39 is 21.7 Å². The molecule has 0 saturated heterocycles. The fourth-order valence-corrected chi connectivity index (χ4v) is 4.32. The van der Waals surface area contributed by atoms with Gasteiger partial charge in [-0.2, -0.15) is 5.10 Å². The highest BCUT2D eigenvalue weighted by Crippen LogP contribution is 2.35. The standard InChI is InChI=1S/C13H21N3O4S/c1-8-11(10(12(17)18)15-14-8)21(19,20)16-9-4-6-13(2,3)7-5-9/h9,16H,4-7H2,1-3H3,(H,14,15)(H,17,18). The van der Waals surface area contributed by atoms with E-state index in [1.807, 2.05) is 0 Å². The van der Waals surface area contributed by atoms with Gasteiger partial charge >= 0.3 is 5.97 Å². The van der Waals surface area contributed by atoms with Crippen LogP contribution in [0, 0.1) is 12.3 Å². The van der Waals surface area contributed by atoms with Crippen molar-refractivity contribution in [2.45, 2.75) is 57.4 Å². The number of sulfonamides is 1. The van der Waals surface area contributed by atoms with Crippen LogP contribution in [0.5, 0.6) is 0 Å². The normalized spacial score (nSPS) is 19.6. The Morgan fingerprint density at radius 3 is 2.48 bits per heavy atom. The number of aryl methyl sites for hydroxylation is 1. The van der Waals surface area contributed by atoms with Gasteiger partial charge in [0.05, 0.1) is 5.69 Å². The molecule has 2 rings (SSSR count). The molecule has 1 fully saturated rings. The lowest BCUT2D eigenvalue weighted by atomic mass is 9.76. The third kappa shape index (κ3) is 3.44. The van der Waals surface area contributed by atoms with Crippen molar-refractivity contribution in [3.8, 4) is 0 Å². The highest BCUT2D eigenvalue weighted by atomic mass is 32.2. The molecule has 0 aromatic carbocycles. The summed E-state index contributed by atoms with van der Waals surface area (Å²) < 4.78 is 27.5. The molecule has 1 aromatic rings. The van der Waals surface area contributed by atoms with Gasteiger partial charge in [0, 0.05) is 6.04 Å². The van der Waals surface area contributed by atoms with Crippen molar-refractivity contribution in [3.63, 3.8) is 0 Å². The van der Waals surface area contributed by atoms with Crippen molar-refractivity contribution in [2.24, 2.45) is 5.41 Å². The Hall–Kier alpha value is -1.41. The number of carboxylic acids is 1. The Morgan fingerprint density at radius 1 is 1.38 bits per heavy atom. The van der Waals surface area contributed by atoms with Gasteiger partial charge in [-0.05, 0) is 38.0 Å². The highest BCUT2D eigenvalue weighted by molar-refractivity contribution is 7.89. The second-order valence-corrected chi connectivity index (χ2v) is 8.04. The number of carbonyl (C=O) groups is 1. The van der Waals surface area contributed by atoms with Crippen molar-refractivity contribution in [1.29, 1.82) is 0 Å². The number of aromatic amines is 1. The molecule has 1 aliphatic rings. The van der Waals surface area contributed by atoms with Crippen LogP contribution in [-0.4, -0.2) is 35.7 Å². The molecule has 0 spiro atoms. The quantitative estimate of drug-likeness (QED) is 0.782. The SMILES string of the molecule is Cc1[nH]nc(C(=O)O)c1S(=O)(=O)NC1CCC(C)(C)CC1. The second kappa shape index (κ2) is 5.42. The van der Waals surface area contributed by atoms with Crippen molar-refractivity contribution in [2.75, 3.05) is 0 Å². The summed E-state index contributed by atoms with van der Waals surface area (Å²) in [6.07, 6.45) is 3.39. The zero-order valence-electron chi connectivity index (χ0n) is 12.4. The fraction of sp³-hybridized carbons (Fsp3) is 0.692. The van der Waals surface area contributed by atoms with Crippen molar-refractivity contribution in [1.82, 2.24) is 14.9 Å². The summed E-state index contributed by atoms with van der Waals surface area (Å²) in [4.78, 5) is 10.8. The minimum atomic E-state index is -3.88. The van der Waals surface area contributed by atoms with E-state index in [0.29, 0.717) is 0 Å². The summed E-state index contributed by atoms with van der Waals surface area (Å²) in [6.45, 7) is 5.83. The molecule has 1 aliphatic carbocycles. The number of nitrogens with zero attached hydrogens (tertiary/aromatic N) is 1. The zero-order chi connectivity index (χ0) is 15.8. The molecule has 0 amide bonds. The monoisotopic (exact) mass is 315 g/mol. The van der Waals surface area contributed by atoms with Crippen molar-refractivity contribution in [3.05, 3.63) is 11.4 Å². The summed E-state index contributed by atoms with van der Waals surface area (Å²) in [6, 6.07) is -0.154. The van der Waals surface area contributed by atoms with E-state index in [1.54, 1.807) is 0 Å². The largest absolute Gasteiger partial charge is 0.476 e. The lowest BCUT2D eigenvalue weighted by molar-refractivity contribution is 0.0686. The number of hydrogen-bond donors (Lipinski definition) is 3. The molecular formula is C13H21N3O4S. The molecule has 0 aliphatic heterocycles. The maximum absolute atomic E-state index is 12.4. The van der Waals surface area contributed by atoms with Crippen molar-refractivity contribution >= 4 is 16.0 Å². The number of nitrogens with one attached hydrogen (secondary N) is 2. The van der Waals surface area contributed by atoms with Gasteiger partial charge in [0.2, 0.25) is 10.0 Å². The first-order valence-electron chi connectivity index (χ1n) is 6.93. The van der Waals surface area contributed by atoms with Gasteiger partial charge in [0.1, 0.15) is 4.90 Å². The third-order valence-electron chi connectivity index (χ3n) is 4.02. The molecule has 1 aromatic heterocycles. The minimum Gasteiger partial charge on any atom is -0.476 e. The van der Waals surface area contributed by atoms with Gasteiger partial charge in [0.15, 0.2) is 5.69 Å². The Balaban J connectivity index is 2.20. The Morgan fingerprint density at radius 2 is 1.95 bits per heavy atom. The van der Waals surface area contributed by atoms with E-state index >= 15 is 0 Å². The molecule has 21 heavy (non-hydrogen) atoms. The average molecular weight is 315 g/mol. The predicted octanol–water partition coefficient (Wildman–Crippen LogP) is 1.66. The van der Waals surface area contributed by atoms with Crippen LogP contribution in [-0.2, 0) is 10.0 Å². The Bertz CT molecular complexity index is 638. The number of carboxylic acid groups (broad SMARTS) is 1. The summed E-state index contributed by atoms with van der Waals surface area (Å²) >= 11 is 0. The lowest BCUT2D eigenvalue weighted by Gasteiger charge is -2.34. The first kappa shape index (κ1) is 16.0. The van der Waals surface area contributed by atoms with E-state index in [0.717, 1.165) is 25.7 Å². The summed E-state index contributed by atoms with van der Waals surface area (Å²) in [5, 5.41) is 15.0. The molecule has 3 N–H and O–H groups in total. The number of aromatic nitrogens is 2. The van der Waals surface area contributed by atoms with Crippen LogP contribution in [0.15, 0.2) is 4.90 Å². The van der Waals surface area contributed by atoms with Crippen LogP contribution in [0.3, 0.4) is 0 Å². The summed E-state index contributed by atoms with van der Waals surface area (Å²) in [5.74, 6) is -1.36. The van der Waals surface area contributed by atoms with Gasteiger partial charge in [-0.15, -0.1) is 0 Å². The van der Waals surface area contributed by atoms with Crippen LogP contribution in [0.25, 0.3) is 0 Å². The van der Waals surface area contributed by atoms with Crippen LogP contribution >= 0.6 is 0 Å². The second-order valence-electron chi connectivity index (χ2n) is 6.39. The maximum Gasteiger partial charge on any atom is 0.357 e. The summed E-state index contributed by atoms with van der Waals surface area (Å²) in [7, 11) is -3.88. The molecule has 1 saturated carbocycles. The predicted molar refractivity (Wildman–Crippen MR) is 76.6 cm³/mol. The van der Waals surface area contributed by atoms with E-state index in [2.05, 4.69) is 28.8 Å². The first-order valence-corrected chi connectivity index (χ1v) is 8.41. The lowest BCUT2D eigenvalue weighted by Crippen LogP contribution is -2.39. The molecule has 118 valence electrons. The number of H-pyrrole nitrogens is 1. The maximum atomic E-state index is 12.4. The number of aromatic carboxylic acids is 1. The van der Waals surface area contributed by atoms with Gasteiger partial charge in [-0.3, -0.25) is 5.10 Å². The van der Waals surface area contributed by atoms with E-state index in [9.17, 15) is 13.2 Å².